The maximum absolute atomic E-state index is 14.2. The summed E-state index contributed by atoms with van der Waals surface area (Å²) in [7, 11) is 0. The molecule has 2 saturated heterocycles. The summed E-state index contributed by atoms with van der Waals surface area (Å²) in [5.41, 5.74) is 1.24. The highest BCUT2D eigenvalue weighted by Gasteiger charge is 2.58. The number of amides is 1. The highest BCUT2D eigenvalue weighted by molar-refractivity contribution is 5.92. The Morgan fingerprint density at radius 2 is 0.932 bits per heavy atom. The van der Waals surface area contributed by atoms with Crippen molar-refractivity contribution in [3.05, 3.63) is 215 Å². The van der Waals surface area contributed by atoms with E-state index in [9.17, 15) is 33.9 Å². The van der Waals surface area contributed by atoms with E-state index in [1.165, 1.54) is 67.6 Å². The van der Waals surface area contributed by atoms with Crippen molar-refractivity contribution >= 4 is 35.8 Å². The molecule has 0 spiro atoms. The molecular weight excluding hydrogens is 943 g/mol. The van der Waals surface area contributed by atoms with Crippen LogP contribution in [0.5, 0.6) is 0 Å². The first-order valence-electron chi connectivity index (χ1n) is 23.3. The number of esters is 5. The Bertz CT molecular complexity index is 2770. The van der Waals surface area contributed by atoms with Crippen molar-refractivity contribution < 1.29 is 76.5 Å². The summed E-state index contributed by atoms with van der Waals surface area (Å²) in [5, 5.41) is 13.9. The molecule has 8 rings (SSSR count). The summed E-state index contributed by atoms with van der Waals surface area (Å²) in [6, 6.07) is 47.2. The molecule has 17 heteroatoms. The molecule has 0 aromatic heterocycles. The molecule has 2 aliphatic heterocycles. The molecule has 0 radical (unpaired) electrons. The second-order valence-electron chi connectivity index (χ2n) is 16.8. The molecule has 2 heterocycles. The molecule has 1 amide bonds. The SMILES string of the molecule is CC(=O)N[C@H]1[C@@H](OCc2ccccc2)O[C@H](CO)[C@@H](O[C@@H]2O[C@@H]([C@@H](COC(=O)c3ccccc3)OC(=O)c3ccccc3)[C@H](OC(=O)c3ccccc3)[C@H]2OC(=O)c2ccccc2)[C@@H]1OC(=O)c1ccccc1. The number of rotatable bonds is 19. The average molecular weight is 994 g/mol. The molecule has 6 aromatic carbocycles. The first kappa shape index (κ1) is 51.3. The highest BCUT2D eigenvalue weighted by atomic mass is 16.8. The molecule has 17 nitrogen and oxygen atoms in total. The van der Waals surface area contributed by atoms with Crippen LogP contribution < -0.4 is 5.32 Å². The van der Waals surface area contributed by atoms with Crippen LogP contribution in [0.2, 0.25) is 0 Å². The van der Waals surface area contributed by atoms with Crippen molar-refractivity contribution in [3.63, 3.8) is 0 Å². The zero-order valence-electron chi connectivity index (χ0n) is 39.3. The molecule has 0 bridgehead atoms. The summed E-state index contributed by atoms with van der Waals surface area (Å²) in [5.74, 6) is -5.02. The predicted molar refractivity (Wildman–Crippen MR) is 257 cm³/mol. The highest BCUT2D eigenvalue weighted by Crippen LogP contribution is 2.37. The third kappa shape index (κ3) is 13.3. The second kappa shape index (κ2) is 24.9. The molecule has 0 unspecified atom stereocenters. The molecule has 6 aromatic rings. The van der Waals surface area contributed by atoms with Crippen LogP contribution in [-0.4, -0.2) is 115 Å². The minimum Gasteiger partial charge on any atom is -0.458 e. The molecule has 10 atom stereocenters. The van der Waals surface area contributed by atoms with Gasteiger partial charge in [-0.15, -0.1) is 0 Å². The summed E-state index contributed by atoms with van der Waals surface area (Å²) in [6.45, 7) is -0.306. The molecule has 376 valence electrons. The first-order valence-corrected chi connectivity index (χ1v) is 23.3. The van der Waals surface area contributed by atoms with Gasteiger partial charge in [-0.05, 0) is 66.2 Å². The van der Waals surface area contributed by atoms with E-state index in [-0.39, 0.29) is 34.4 Å². The molecular formula is C56H51NO16. The fourth-order valence-corrected chi connectivity index (χ4v) is 8.20. The number of carbonyl (C=O) groups excluding carboxylic acids is 6. The number of nitrogens with one attached hydrogen (secondary N) is 1. The number of benzene rings is 6. The number of aliphatic hydroxyl groups excluding tert-OH is 1. The van der Waals surface area contributed by atoms with E-state index in [2.05, 4.69) is 5.32 Å². The van der Waals surface area contributed by atoms with Crippen LogP contribution in [0.4, 0.5) is 0 Å². The van der Waals surface area contributed by atoms with Gasteiger partial charge < -0.3 is 53.1 Å². The quantitative estimate of drug-likeness (QED) is 0.0673. The third-order valence-corrected chi connectivity index (χ3v) is 11.7. The fraction of sp³-hybridized carbons (Fsp3) is 0.250. The summed E-state index contributed by atoms with van der Waals surface area (Å²) >= 11 is 0. The van der Waals surface area contributed by atoms with Gasteiger partial charge >= 0.3 is 29.8 Å². The molecule has 2 aliphatic rings. The van der Waals surface area contributed by atoms with Crippen LogP contribution in [0.1, 0.15) is 64.3 Å². The molecule has 0 saturated carbocycles. The van der Waals surface area contributed by atoms with Gasteiger partial charge in [0.25, 0.3) is 0 Å². The number of aliphatic hydroxyl groups is 1. The smallest absolute Gasteiger partial charge is 0.338 e. The first-order chi connectivity index (χ1) is 35.6. The number of carbonyl (C=O) groups is 6. The Morgan fingerprint density at radius 3 is 1.40 bits per heavy atom. The Morgan fingerprint density at radius 1 is 0.507 bits per heavy atom. The van der Waals surface area contributed by atoms with E-state index < -0.39 is 110 Å². The predicted octanol–water partition coefficient (Wildman–Crippen LogP) is 6.29. The number of hydrogen-bond donors (Lipinski definition) is 2. The van der Waals surface area contributed by atoms with Gasteiger partial charge in [0.2, 0.25) is 5.91 Å². The van der Waals surface area contributed by atoms with Gasteiger partial charge in [0, 0.05) is 6.92 Å². The van der Waals surface area contributed by atoms with E-state index in [1.54, 1.807) is 115 Å². The maximum Gasteiger partial charge on any atom is 0.338 e. The molecule has 2 fully saturated rings. The number of ether oxygens (including phenoxy) is 9. The van der Waals surface area contributed by atoms with Gasteiger partial charge in [-0.2, -0.15) is 0 Å². The van der Waals surface area contributed by atoms with Gasteiger partial charge in [-0.25, -0.2) is 24.0 Å². The lowest BCUT2D eigenvalue weighted by Crippen LogP contribution is -2.67. The molecule has 0 aliphatic carbocycles. The minimum absolute atomic E-state index is 0.0397. The Kier molecular flexibility index (Phi) is 17.5. The van der Waals surface area contributed by atoms with Crippen molar-refractivity contribution in [1.82, 2.24) is 5.32 Å². The van der Waals surface area contributed by atoms with Crippen molar-refractivity contribution in [1.29, 1.82) is 0 Å². The van der Waals surface area contributed by atoms with Crippen molar-refractivity contribution in [2.24, 2.45) is 0 Å². The molecule has 2 N–H and O–H groups in total. The van der Waals surface area contributed by atoms with Crippen molar-refractivity contribution in [3.8, 4) is 0 Å². The van der Waals surface area contributed by atoms with Gasteiger partial charge in [0.05, 0.1) is 41.0 Å². The van der Waals surface area contributed by atoms with Crippen LogP contribution in [-0.2, 0) is 54.0 Å². The van der Waals surface area contributed by atoms with E-state index >= 15 is 0 Å². The minimum atomic E-state index is -1.87. The van der Waals surface area contributed by atoms with Crippen LogP contribution >= 0.6 is 0 Å². The Hall–Kier alpha value is -8.06. The van der Waals surface area contributed by atoms with Crippen LogP contribution in [0.25, 0.3) is 0 Å². The lowest BCUT2D eigenvalue weighted by atomic mass is 9.95. The number of hydrogen-bond acceptors (Lipinski definition) is 16. The zero-order valence-corrected chi connectivity index (χ0v) is 39.3. The summed E-state index contributed by atoms with van der Waals surface area (Å²) in [6.07, 6.45) is -14.7. The van der Waals surface area contributed by atoms with Crippen LogP contribution in [0, 0.1) is 0 Å². The third-order valence-electron chi connectivity index (χ3n) is 11.7. The molecule has 73 heavy (non-hydrogen) atoms. The zero-order chi connectivity index (χ0) is 51.1. The van der Waals surface area contributed by atoms with E-state index in [0.717, 1.165) is 5.56 Å². The largest absolute Gasteiger partial charge is 0.458 e. The van der Waals surface area contributed by atoms with Crippen molar-refractivity contribution in [2.45, 2.75) is 74.9 Å². The topological polar surface area (TPSA) is 218 Å². The monoisotopic (exact) mass is 993 g/mol. The maximum atomic E-state index is 14.2. The standard InChI is InChI=1S/C56H51NO16/c1-35(59)57-44-47(69-52(62)39-26-14-5-15-27-39)45(42(32-58)68-55(44)66-33-36-20-8-2-9-21-36)72-56-49(71-54(64)41-30-18-7-19-31-41)48(70-53(63)40-28-16-6-17-29-40)46(73-56)43(67-51(61)38-24-12-4-13-25-38)34-65-50(60)37-22-10-3-11-23-37/h2-31,42-49,55-56,58H,32-34H2,1H3,(H,57,59)/t42-,43-,44-,45-,46+,47-,48+,49-,55+,56-/m1/s1. The van der Waals surface area contributed by atoms with Crippen LogP contribution in [0.15, 0.2) is 182 Å². The lowest BCUT2D eigenvalue weighted by molar-refractivity contribution is -0.309. The van der Waals surface area contributed by atoms with E-state index in [0.29, 0.717) is 0 Å². The fourth-order valence-electron chi connectivity index (χ4n) is 8.20. The van der Waals surface area contributed by atoms with Crippen LogP contribution in [0.3, 0.4) is 0 Å². The van der Waals surface area contributed by atoms with E-state index in [1.807, 2.05) is 6.07 Å². The van der Waals surface area contributed by atoms with Gasteiger partial charge in [-0.3, -0.25) is 4.79 Å². The Labute approximate surface area is 419 Å². The normalized spacial score (nSPS) is 22.7. The van der Waals surface area contributed by atoms with E-state index in [4.69, 9.17) is 42.6 Å². The summed E-state index contributed by atoms with van der Waals surface area (Å²) < 4.78 is 56.4. The average Bonchev–Trinajstić information content (AvgIpc) is 3.76. The lowest BCUT2D eigenvalue weighted by Gasteiger charge is -2.46. The summed E-state index contributed by atoms with van der Waals surface area (Å²) in [4.78, 5) is 83.1. The van der Waals surface area contributed by atoms with Gasteiger partial charge in [-0.1, -0.05) is 121 Å². The van der Waals surface area contributed by atoms with Gasteiger partial charge in [0.1, 0.15) is 31.0 Å². The van der Waals surface area contributed by atoms with Crippen molar-refractivity contribution in [2.75, 3.05) is 13.2 Å². The second-order valence-corrected chi connectivity index (χ2v) is 16.8. The Balaban J connectivity index is 1.22. The van der Waals surface area contributed by atoms with Gasteiger partial charge in [0.15, 0.2) is 37.0 Å².